The molecule has 0 saturated carbocycles. The Hall–Kier alpha value is -2.27. The van der Waals surface area contributed by atoms with Gasteiger partial charge in [0.25, 0.3) is 5.88 Å². The van der Waals surface area contributed by atoms with Gasteiger partial charge in [-0.1, -0.05) is 31.9 Å². The van der Waals surface area contributed by atoms with Crippen molar-refractivity contribution in [1.82, 2.24) is 4.98 Å². The molecule has 2 aromatic rings. The van der Waals surface area contributed by atoms with Gasteiger partial charge in [-0.25, -0.2) is 9.37 Å². The summed E-state index contributed by atoms with van der Waals surface area (Å²) in [6.07, 6.45) is 5.73. The van der Waals surface area contributed by atoms with Crippen molar-refractivity contribution in [3.05, 3.63) is 53.5 Å². The van der Waals surface area contributed by atoms with E-state index < -0.39 is 18.2 Å². The second-order valence-electron chi connectivity index (χ2n) is 5.30. The maximum atomic E-state index is 13.9. The number of hydrogen-bond donors (Lipinski definition) is 1. The zero-order chi connectivity index (χ0) is 16.7. The third kappa shape index (κ3) is 4.86. The van der Waals surface area contributed by atoms with Gasteiger partial charge in [0.05, 0.1) is 0 Å². The second kappa shape index (κ2) is 8.39. The molecule has 0 aliphatic heterocycles. The van der Waals surface area contributed by atoms with Crippen LogP contribution in [0, 0.1) is 5.82 Å². The molecule has 0 saturated heterocycles. The van der Waals surface area contributed by atoms with Crippen molar-refractivity contribution in [3.8, 4) is 11.6 Å². The van der Waals surface area contributed by atoms with E-state index in [1.807, 2.05) is 12.1 Å². The van der Waals surface area contributed by atoms with Gasteiger partial charge in [-0.15, -0.1) is 0 Å². The third-order valence-corrected chi connectivity index (χ3v) is 3.48. The monoisotopic (exact) mass is 317 g/mol. The summed E-state index contributed by atoms with van der Waals surface area (Å²) >= 11 is 0. The number of ketones is 1. The lowest BCUT2D eigenvalue weighted by Gasteiger charge is -2.07. The van der Waals surface area contributed by atoms with Gasteiger partial charge in [0, 0.05) is 11.8 Å². The van der Waals surface area contributed by atoms with E-state index in [1.165, 1.54) is 24.6 Å². The molecule has 1 N–H and O–H groups in total. The number of carbonyl (C=O) groups excluding carboxylic acids is 1. The summed E-state index contributed by atoms with van der Waals surface area (Å²) in [5, 5.41) is 8.76. The van der Waals surface area contributed by atoms with Gasteiger partial charge in [-0.05, 0) is 36.6 Å². The summed E-state index contributed by atoms with van der Waals surface area (Å²) in [6.45, 7) is 1.48. The normalized spacial score (nSPS) is 10.6. The van der Waals surface area contributed by atoms with Crippen LogP contribution in [0.3, 0.4) is 0 Å². The van der Waals surface area contributed by atoms with E-state index in [0.717, 1.165) is 18.9 Å². The molecule has 0 fully saturated rings. The van der Waals surface area contributed by atoms with Crippen LogP contribution in [0.25, 0.3) is 0 Å². The van der Waals surface area contributed by atoms with Crippen LogP contribution in [-0.4, -0.2) is 22.5 Å². The molecule has 2 rings (SSSR count). The summed E-state index contributed by atoms with van der Waals surface area (Å²) < 4.78 is 19.3. The zero-order valence-corrected chi connectivity index (χ0v) is 13.1. The maximum absolute atomic E-state index is 13.9. The van der Waals surface area contributed by atoms with Crippen molar-refractivity contribution < 1.29 is 19.0 Å². The fourth-order valence-electron chi connectivity index (χ4n) is 2.16. The van der Waals surface area contributed by atoms with Gasteiger partial charge in [-0.2, -0.15) is 0 Å². The molecule has 0 bridgehead atoms. The lowest BCUT2D eigenvalue weighted by molar-refractivity contribution is 0.0903. The number of nitrogens with zero attached hydrogens (tertiary/aromatic N) is 1. The number of benzene rings is 1. The average molecular weight is 317 g/mol. The Balaban J connectivity index is 2.03. The second-order valence-corrected chi connectivity index (χ2v) is 5.30. The Kier molecular flexibility index (Phi) is 6.23. The average Bonchev–Trinajstić information content (AvgIpc) is 2.57. The summed E-state index contributed by atoms with van der Waals surface area (Å²) in [5.74, 6) is -1.04. The van der Waals surface area contributed by atoms with Gasteiger partial charge in [0.1, 0.15) is 12.4 Å². The molecule has 0 spiro atoms. The van der Waals surface area contributed by atoms with Crippen LogP contribution in [-0.2, 0) is 6.42 Å². The smallest absolute Gasteiger partial charge is 0.255 e. The minimum atomic E-state index is -0.740. The Morgan fingerprint density at radius 3 is 2.61 bits per heavy atom. The van der Waals surface area contributed by atoms with Gasteiger partial charge in [-0.3, -0.25) is 4.79 Å². The quantitative estimate of drug-likeness (QED) is 0.592. The van der Waals surface area contributed by atoms with Crippen molar-refractivity contribution in [3.63, 3.8) is 0 Å². The minimum Gasteiger partial charge on any atom is -0.436 e. The molecular formula is C18H20FNO3. The first-order valence-electron chi connectivity index (χ1n) is 7.70. The molecule has 4 nitrogen and oxygen atoms in total. The van der Waals surface area contributed by atoms with Crippen LogP contribution in [0.2, 0.25) is 0 Å². The molecule has 0 amide bonds. The van der Waals surface area contributed by atoms with Gasteiger partial charge >= 0.3 is 0 Å². The van der Waals surface area contributed by atoms with E-state index in [-0.39, 0.29) is 11.4 Å². The fraction of sp³-hybridized carbons (Fsp3) is 0.333. The number of aliphatic hydroxyl groups is 1. The number of halogens is 1. The highest BCUT2D eigenvalue weighted by molar-refractivity contribution is 5.96. The molecular weight excluding hydrogens is 297 g/mol. The number of pyridine rings is 1. The largest absolute Gasteiger partial charge is 0.436 e. The lowest BCUT2D eigenvalue weighted by atomic mass is 10.1. The van der Waals surface area contributed by atoms with E-state index >= 15 is 0 Å². The number of ether oxygens (including phenoxy) is 1. The molecule has 0 aliphatic rings. The molecule has 0 unspecified atom stereocenters. The molecule has 0 aliphatic carbocycles. The molecule has 0 atom stereocenters. The topological polar surface area (TPSA) is 59.4 Å². The highest BCUT2D eigenvalue weighted by atomic mass is 19.1. The van der Waals surface area contributed by atoms with Gasteiger partial charge in [0.2, 0.25) is 0 Å². The Morgan fingerprint density at radius 2 is 2.00 bits per heavy atom. The first-order valence-corrected chi connectivity index (χ1v) is 7.70. The molecule has 23 heavy (non-hydrogen) atoms. The summed E-state index contributed by atoms with van der Waals surface area (Å²) in [7, 11) is 0. The molecule has 1 aromatic heterocycles. The first kappa shape index (κ1) is 17.1. The van der Waals surface area contributed by atoms with Crippen molar-refractivity contribution in [2.75, 3.05) is 6.61 Å². The number of carbonyl (C=O) groups is 1. The highest BCUT2D eigenvalue weighted by Gasteiger charge is 2.12. The molecule has 1 aromatic carbocycles. The number of Topliss-reactive ketones (excluding diaryl/α,β-unsaturated/α-hetero) is 1. The van der Waals surface area contributed by atoms with E-state index in [9.17, 15) is 9.18 Å². The number of hydrogen-bond acceptors (Lipinski definition) is 4. The first-order chi connectivity index (χ1) is 11.1. The van der Waals surface area contributed by atoms with Gasteiger partial charge < -0.3 is 9.84 Å². The summed E-state index contributed by atoms with van der Waals surface area (Å²) in [6, 6.07) is 8.46. The lowest BCUT2D eigenvalue weighted by Crippen LogP contribution is -2.06. The van der Waals surface area contributed by atoms with Crippen LogP contribution in [0.1, 0.15) is 42.1 Å². The van der Waals surface area contributed by atoms with Crippen LogP contribution >= 0.6 is 0 Å². The standard InChI is InChI=1S/C18H20FNO3/c1-2-3-4-5-13-6-8-15(9-7-13)23-18-16(19)10-14(11-20-18)17(22)12-21/h6-11,21H,2-5,12H2,1H3. The van der Waals surface area contributed by atoms with Crippen LogP contribution in [0.15, 0.2) is 36.5 Å². The zero-order valence-electron chi connectivity index (χ0n) is 13.1. The predicted molar refractivity (Wildman–Crippen MR) is 85.4 cm³/mol. The number of aromatic nitrogens is 1. The van der Waals surface area contributed by atoms with E-state index in [1.54, 1.807) is 12.1 Å². The van der Waals surface area contributed by atoms with Crippen LogP contribution < -0.4 is 4.74 Å². The Labute approximate surface area is 134 Å². The number of unbranched alkanes of at least 4 members (excludes halogenated alkanes) is 2. The summed E-state index contributed by atoms with van der Waals surface area (Å²) in [4.78, 5) is 15.1. The maximum Gasteiger partial charge on any atom is 0.255 e. The van der Waals surface area contributed by atoms with E-state index in [0.29, 0.717) is 5.75 Å². The van der Waals surface area contributed by atoms with Crippen LogP contribution in [0.5, 0.6) is 11.6 Å². The van der Waals surface area contributed by atoms with Crippen LogP contribution in [0.4, 0.5) is 4.39 Å². The molecule has 122 valence electrons. The van der Waals surface area contributed by atoms with Crippen molar-refractivity contribution in [2.24, 2.45) is 0 Å². The summed E-state index contributed by atoms with van der Waals surface area (Å²) in [5.41, 5.74) is 1.23. The number of aliphatic hydroxyl groups excluding tert-OH is 1. The molecule has 1 heterocycles. The predicted octanol–water partition coefficient (Wildman–Crippen LogP) is 3.92. The molecule has 5 heteroatoms. The Morgan fingerprint density at radius 1 is 1.26 bits per heavy atom. The highest BCUT2D eigenvalue weighted by Crippen LogP contribution is 2.23. The van der Waals surface area contributed by atoms with E-state index in [2.05, 4.69) is 11.9 Å². The molecule has 0 radical (unpaired) electrons. The van der Waals surface area contributed by atoms with E-state index in [4.69, 9.17) is 9.84 Å². The fourth-order valence-corrected chi connectivity index (χ4v) is 2.16. The van der Waals surface area contributed by atoms with Crippen molar-refractivity contribution >= 4 is 5.78 Å². The Bertz CT molecular complexity index is 656. The van der Waals surface area contributed by atoms with Crippen molar-refractivity contribution in [1.29, 1.82) is 0 Å². The minimum absolute atomic E-state index is 0.0172. The third-order valence-electron chi connectivity index (χ3n) is 3.48. The van der Waals surface area contributed by atoms with Crippen molar-refractivity contribution in [2.45, 2.75) is 32.6 Å². The number of aryl methyl sites for hydroxylation is 1. The number of rotatable bonds is 8. The van der Waals surface area contributed by atoms with Gasteiger partial charge in [0.15, 0.2) is 11.6 Å². The SMILES string of the molecule is CCCCCc1ccc(Oc2ncc(C(=O)CO)cc2F)cc1.